The Balaban J connectivity index is 2.20. The van der Waals surface area contributed by atoms with Gasteiger partial charge in [0.1, 0.15) is 5.75 Å². The number of carbonyl (C=O) groups is 1. The summed E-state index contributed by atoms with van der Waals surface area (Å²) in [6.07, 6.45) is 2.06. The molecular weight excluding hydrogens is 276 g/mol. The molecule has 4 nitrogen and oxygen atoms in total. The topological polar surface area (TPSA) is 55.6 Å². The molecule has 0 bridgehead atoms. The van der Waals surface area contributed by atoms with Gasteiger partial charge in [0.25, 0.3) is 5.91 Å². The van der Waals surface area contributed by atoms with Crippen LogP contribution in [-0.4, -0.2) is 37.0 Å². The molecule has 0 saturated carbocycles. The number of methoxy groups -OCH3 is 1. The van der Waals surface area contributed by atoms with Gasteiger partial charge in [-0.15, -0.1) is 0 Å². The molecule has 0 radical (unpaired) electrons. The number of hydrogen-bond donors (Lipinski definition) is 1. The molecule has 1 aliphatic heterocycles. The van der Waals surface area contributed by atoms with E-state index in [1.165, 1.54) is 0 Å². The van der Waals surface area contributed by atoms with Crippen LogP contribution in [0.1, 0.15) is 30.1 Å². The van der Waals surface area contributed by atoms with E-state index in [0.29, 0.717) is 28.8 Å². The second kappa shape index (κ2) is 6.46. The predicted octanol–water partition coefficient (Wildman–Crippen LogP) is 2.55. The van der Waals surface area contributed by atoms with Gasteiger partial charge in [-0.05, 0) is 43.9 Å². The molecule has 1 aliphatic rings. The Morgan fingerprint density at radius 3 is 2.95 bits per heavy atom. The Kier molecular flexibility index (Phi) is 4.89. The third-order valence-electron chi connectivity index (χ3n) is 3.88. The van der Waals surface area contributed by atoms with Crippen molar-refractivity contribution >= 4 is 17.5 Å². The Morgan fingerprint density at radius 2 is 2.30 bits per heavy atom. The van der Waals surface area contributed by atoms with E-state index in [4.69, 9.17) is 22.1 Å². The zero-order valence-electron chi connectivity index (χ0n) is 11.9. The summed E-state index contributed by atoms with van der Waals surface area (Å²) in [6.45, 7) is 3.46. The van der Waals surface area contributed by atoms with Gasteiger partial charge in [-0.2, -0.15) is 0 Å². The van der Waals surface area contributed by atoms with E-state index in [2.05, 4.69) is 0 Å². The first-order chi connectivity index (χ1) is 9.52. The maximum atomic E-state index is 12.6. The van der Waals surface area contributed by atoms with Crippen LogP contribution in [0.15, 0.2) is 18.2 Å². The Hall–Kier alpha value is -1.26. The number of hydrogen-bond acceptors (Lipinski definition) is 3. The lowest BCUT2D eigenvalue weighted by molar-refractivity contribution is 0.0657. The monoisotopic (exact) mass is 296 g/mol. The van der Waals surface area contributed by atoms with Crippen molar-refractivity contribution in [3.05, 3.63) is 28.8 Å². The first kappa shape index (κ1) is 15.1. The lowest BCUT2D eigenvalue weighted by Gasteiger charge is -2.34. The molecule has 0 aliphatic carbocycles. The second-order valence-corrected chi connectivity index (χ2v) is 5.79. The molecule has 2 N–H and O–H groups in total. The standard InChI is InChI=1S/C15H21ClN2O2/c1-10(17)11-4-3-7-18(9-11)15(19)13-8-12(16)5-6-14(13)20-2/h5-6,8,10-11H,3-4,7,9,17H2,1-2H3/t10-,11+/m1/s1. The highest BCUT2D eigenvalue weighted by molar-refractivity contribution is 6.31. The van der Waals surface area contributed by atoms with Gasteiger partial charge in [0, 0.05) is 24.2 Å². The van der Waals surface area contributed by atoms with E-state index in [-0.39, 0.29) is 11.9 Å². The summed E-state index contributed by atoms with van der Waals surface area (Å²) in [5.41, 5.74) is 6.48. The van der Waals surface area contributed by atoms with Gasteiger partial charge in [0.05, 0.1) is 12.7 Å². The highest BCUT2D eigenvalue weighted by Gasteiger charge is 2.27. The summed E-state index contributed by atoms with van der Waals surface area (Å²) in [5, 5.41) is 0.537. The van der Waals surface area contributed by atoms with Crippen LogP contribution in [0.3, 0.4) is 0 Å². The number of likely N-dealkylation sites (tertiary alicyclic amines) is 1. The molecular formula is C15H21ClN2O2. The van der Waals surface area contributed by atoms with Crippen molar-refractivity contribution in [2.24, 2.45) is 11.7 Å². The van der Waals surface area contributed by atoms with E-state index in [9.17, 15) is 4.79 Å². The first-order valence-corrected chi connectivity index (χ1v) is 7.29. The van der Waals surface area contributed by atoms with Crippen LogP contribution in [0.4, 0.5) is 0 Å². The van der Waals surface area contributed by atoms with Crippen LogP contribution >= 0.6 is 11.6 Å². The zero-order chi connectivity index (χ0) is 14.7. The molecule has 0 spiro atoms. The molecule has 1 aromatic carbocycles. The average molecular weight is 297 g/mol. The lowest BCUT2D eigenvalue weighted by atomic mass is 9.92. The van der Waals surface area contributed by atoms with Crippen molar-refractivity contribution in [1.82, 2.24) is 4.90 Å². The van der Waals surface area contributed by atoms with Gasteiger partial charge in [-0.25, -0.2) is 0 Å². The molecule has 1 heterocycles. The molecule has 1 saturated heterocycles. The number of benzene rings is 1. The van der Waals surface area contributed by atoms with E-state index in [0.717, 1.165) is 19.4 Å². The Morgan fingerprint density at radius 1 is 1.55 bits per heavy atom. The van der Waals surface area contributed by atoms with Gasteiger partial charge >= 0.3 is 0 Å². The van der Waals surface area contributed by atoms with Crippen molar-refractivity contribution in [2.75, 3.05) is 20.2 Å². The van der Waals surface area contributed by atoms with Crippen LogP contribution in [0.2, 0.25) is 5.02 Å². The number of rotatable bonds is 3. The quantitative estimate of drug-likeness (QED) is 0.932. The maximum Gasteiger partial charge on any atom is 0.257 e. The fourth-order valence-electron chi connectivity index (χ4n) is 2.64. The summed E-state index contributed by atoms with van der Waals surface area (Å²) in [7, 11) is 1.56. The van der Waals surface area contributed by atoms with Crippen molar-refractivity contribution in [3.63, 3.8) is 0 Å². The van der Waals surface area contributed by atoms with Gasteiger partial charge in [-0.1, -0.05) is 11.6 Å². The molecule has 2 rings (SSSR count). The van der Waals surface area contributed by atoms with Crippen molar-refractivity contribution in [3.8, 4) is 5.75 Å². The molecule has 110 valence electrons. The predicted molar refractivity (Wildman–Crippen MR) is 80.3 cm³/mol. The van der Waals surface area contributed by atoms with Gasteiger partial charge < -0.3 is 15.4 Å². The highest BCUT2D eigenvalue weighted by Crippen LogP contribution is 2.26. The minimum absolute atomic E-state index is 0.0327. The SMILES string of the molecule is COc1ccc(Cl)cc1C(=O)N1CCC[C@H]([C@@H](C)N)C1. The molecule has 2 atom stereocenters. The number of carbonyl (C=O) groups excluding carboxylic acids is 1. The van der Waals surface area contributed by atoms with Gasteiger partial charge in [0.2, 0.25) is 0 Å². The zero-order valence-corrected chi connectivity index (χ0v) is 12.7. The number of nitrogens with two attached hydrogens (primary N) is 1. The summed E-state index contributed by atoms with van der Waals surface area (Å²) in [6, 6.07) is 5.21. The second-order valence-electron chi connectivity index (χ2n) is 5.36. The fraction of sp³-hybridized carbons (Fsp3) is 0.533. The smallest absolute Gasteiger partial charge is 0.257 e. The van der Waals surface area contributed by atoms with Gasteiger partial charge in [0.15, 0.2) is 0 Å². The number of halogens is 1. The summed E-state index contributed by atoms with van der Waals surface area (Å²) in [4.78, 5) is 14.5. The molecule has 0 aromatic heterocycles. The van der Waals surface area contributed by atoms with E-state index < -0.39 is 0 Å². The third kappa shape index (κ3) is 3.25. The highest BCUT2D eigenvalue weighted by atomic mass is 35.5. The summed E-state index contributed by atoms with van der Waals surface area (Å²) in [5.74, 6) is 0.884. The van der Waals surface area contributed by atoms with E-state index >= 15 is 0 Å². The normalized spacial score (nSPS) is 20.6. The average Bonchev–Trinajstić information content (AvgIpc) is 2.46. The number of amides is 1. The van der Waals surface area contributed by atoms with E-state index in [1.807, 2.05) is 11.8 Å². The number of piperidine rings is 1. The molecule has 1 aromatic rings. The van der Waals surface area contributed by atoms with Crippen LogP contribution in [-0.2, 0) is 0 Å². The fourth-order valence-corrected chi connectivity index (χ4v) is 2.81. The number of nitrogens with zero attached hydrogens (tertiary/aromatic N) is 1. The maximum absolute atomic E-state index is 12.6. The van der Waals surface area contributed by atoms with Crippen LogP contribution in [0, 0.1) is 5.92 Å². The lowest BCUT2D eigenvalue weighted by Crippen LogP contribution is -2.45. The molecule has 20 heavy (non-hydrogen) atoms. The summed E-state index contributed by atoms with van der Waals surface area (Å²) < 4.78 is 5.26. The minimum Gasteiger partial charge on any atom is -0.496 e. The Labute approximate surface area is 124 Å². The largest absolute Gasteiger partial charge is 0.496 e. The Bertz CT molecular complexity index is 491. The van der Waals surface area contributed by atoms with Gasteiger partial charge in [-0.3, -0.25) is 4.79 Å². The van der Waals surface area contributed by atoms with Crippen molar-refractivity contribution in [1.29, 1.82) is 0 Å². The van der Waals surface area contributed by atoms with Crippen LogP contribution in [0.5, 0.6) is 5.75 Å². The third-order valence-corrected chi connectivity index (χ3v) is 4.12. The summed E-state index contributed by atoms with van der Waals surface area (Å²) >= 11 is 5.99. The minimum atomic E-state index is -0.0327. The molecule has 1 amide bonds. The molecule has 0 unspecified atom stereocenters. The number of ether oxygens (including phenoxy) is 1. The van der Waals surface area contributed by atoms with Crippen LogP contribution < -0.4 is 10.5 Å². The molecule has 1 fully saturated rings. The van der Waals surface area contributed by atoms with Crippen molar-refractivity contribution < 1.29 is 9.53 Å². The van der Waals surface area contributed by atoms with E-state index in [1.54, 1.807) is 25.3 Å². The van der Waals surface area contributed by atoms with Crippen LogP contribution in [0.25, 0.3) is 0 Å². The molecule has 5 heteroatoms. The first-order valence-electron chi connectivity index (χ1n) is 6.91. The van der Waals surface area contributed by atoms with Crippen molar-refractivity contribution in [2.45, 2.75) is 25.8 Å².